The van der Waals surface area contributed by atoms with Crippen molar-refractivity contribution in [2.45, 2.75) is 30.0 Å². The van der Waals surface area contributed by atoms with Crippen molar-refractivity contribution in [3.63, 3.8) is 0 Å². The van der Waals surface area contributed by atoms with Crippen molar-refractivity contribution in [1.82, 2.24) is 10.2 Å². The second-order valence-electron chi connectivity index (χ2n) is 9.25. The highest BCUT2D eigenvalue weighted by Gasteiger charge is 2.45. The Morgan fingerprint density at radius 2 is 1.74 bits per heavy atom. The van der Waals surface area contributed by atoms with Crippen LogP contribution < -0.4 is 14.4 Å². The first-order valence-electron chi connectivity index (χ1n) is 13.5. The number of ketones is 1. The first-order valence-corrected chi connectivity index (χ1v) is 15.7. The Morgan fingerprint density at radius 1 is 1.02 bits per heavy atom. The zero-order valence-electron chi connectivity index (χ0n) is 23.4. The zero-order chi connectivity index (χ0) is 30.3. The summed E-state index contributed by atoms with van der Waals surface area (Å²) in [5, 5.41) is 20.6. The van der Waals surface area contributed by atoms with Crippen LogP contribution in [0.5, 0.6) is 11.5 Å². The van der Waals surface area contributed by atoms with Crippen LogP contribution in [0.3, 0.4) is 0 Å². The molecule has 11 heteroatoms. The van der Waals surface area contributed by atoms with Gasteiger partial charge in [-0.05, 0) is 54.8 Å². The van der Waals surface area contributed by atoms with Gasteiger partial charge in [0.2, 0.25) is 5.13 Å². The number of allylic oxidation sites excluding steroid dienone is 1. The molecule has 2 heterocycles. The van der Waals surface area contributed by atoms with Crippen molar-refractivity contribution in [3.8, 4) is 11.5 Å². The van der Waals surface area contributed by atoms with E-state index in [9.17, 15) is 14.7 Å². The quantitative estimate of drug-likeness (QED) is 0.0974. The number of rotatable bonds is 12. The smallest absolute Gasteiger partial charge is 0.296 e. The maximum atomic E-state index is 13.6. The standard InChI is InChI=1S/C32H28ClN3O5S2/c1-3-40-25-17-15-21(18-26(25)41-4-2)28-27(24(37)16-14-20-10-6-5-7-11-20)29(38)30(39)36(28)31-34-35-32(43-31)42-19-22-12-8-9-13-23(22)33/h5-18,28,38H,3-4,19H2,1-2H3/b16-14+. The van der Waals surface area contributed by atoms with Crippen LogP contribution in [0.15, 0.2) is 94.5 Å². The van der Waals surface area contributed by atoms with E-state index < -0.39 is 23.5 Å². The molecule has 0 saturated heterocycles. The fourth-order valence-electron chi connectivity index (χ4n) is 4.55. The average Bonchev–Trinajstić information content (AvgIpc) is 3.59. The van der Waals surface area contributed by atoms with E-state index in [1.807, 2.05) is 68.4 Å². The van der Waals surface area contributed by atoms with E-state index in [1.165, 1.54) is 34.1 Å². The Hall–Kier alpha value is -4.12. The number of aliphatic hydroxyl groups excluding tert-OH is 1. The van der Waals surface area contributed by atoms with Gasteiger partial charge >= 0.3 is 0 Å². The summed E-state index contributed by atoms with van der Waals surface area (Å²) in [7, 11) is 0. The van der Waals surface area contributed by atoms with Gasteiger partial charge < -0.3 is 14.6 Å². The molecule has 1 aliphatic heterocycles. The minimum absolute atomic E-state index is 0.0655. The van der Waals surface area contributed by atoms with Gasteiger partial charge in [0.25, 0.3) is 5.91 Å². The Labute approximate surface area is 262 Å². The average molecular weight is 634 g/mol. The van der Waals surface area contributed by atoms with Gasteiger partial charge in [0.15, 0.2) is 27.4 Å². The molecule has 0 spiro atoms. The van der Waals surface area contributed by atoms with Crippen LogP contribution in [-0.4, -0.2) is 40.2 Å². The van der Waals surface area contributed by atoms with Gasteiger partial charge in [0, 0.05) is 10.8 Å². The van der Waals surface area contributed by atoms with Gasteiger partial charge in [-0.25, -0.2) is 0 Å². The summed E-state index contributed by atoms with van der Waals surface area (Å²) < 4.78 is 12.2. The van der Waals surface area contributed by atoms with Crippen molar-refractivity contribution >= 4 is 57.6 Å². The first-order chi connectivity index (χ1) is 20.9. The predicted octanol–water partition coefficient (Wildman–Crippen LogP) is 7.46. The summed E-state index contributed by atoms with van der Waals surface area (Å²) in [5.41, 5.74) is 2.22. The number of hydrogen-bond donors (Lipinski definition) is 1. The van der Waals surface area contributed by atoms with Crippen LogP contribution in [0.25, 0.3) is 6.08 Å². The molecule has 1 N–H and O–H groups in total. The topological polar surface area (TPSA) is 102 Å². The van der Waals surface area contributed by atoms with E-state index in [1.54, 1.807) is 24.3 Å². The third-order valence-corrected chi connectivity index (χ3v) is 8.97. The van der Waals surface area contributed by atoms with Crippen molar-refractivity contribution < 1.29 is 24.2 Å². The lowest BCUT2D eigenvalue weighted by Crippen LogP contribution is -2.31. The Morgan fingerprint density at radius 3 is 2.49 bits per heavy atom. The van der Waals surface area contributed by atoms with E-state index in [4.69, 9.17) is 21.1 Å². The molecule has 220 valence electrons. The molecular formula is C32H28ClN3O5S2. The zero-order valence-corrected chi connectivity index (χ0v) is 25.8. The molecule has 0 aliphatic carbocycles. The number of nitrogens with zero attached hydrogens (tertiary/aromatic N) is 3. The molecule has 1 atom stereocenters. The third-order valence-electron chi connectivity index (χ3n) is 6.49. The molecule has 1 unspecified atom stereocenters. The normalized spacial score (nSPS) is 15.0. The monoisotopic (exact) mass is 633 g/mol. The summed E-state index contributed by atoms with van der Waals surface area (Å²) in [5.74, 6) is -0.345. The lowest BCUT2D eigenvalue weighted by molar-refractivity contribution is -0.117. The second-order valence-corrected chi connectivity index (χ2v) is 11.8. The van der Waals surface area contributed by atoms with E-state index in [-0.39, 0.29) is 10.7 Å². The largest absolute Gasteiger partial charge is 0.503 e. The lowest BCUT2D eigenvalue weighted by atomic mass is 9.95. The molecule has 8 nitrogen and oxygen atoms in total. The molecule has 4 aromatic rings. The lowest BCUT2D eigenvalue weighted by Gasteiger charge is -2.24. The SMILES string of the molecule is CCOc1ccc(C2C(C(=O)/C=C/c3ccccc3)=C(O)C(=O)N2c2nnc(SCc3ccccc3Cl)s2)cc1OCC. The molecule has 0 fully saturated rings. The molecule has 43 heavy (non-hydrogen) atoms. The van der Waals surface area contributed by atoms with Gasteiger partial charge in [0.1, 0.15) is 0 Å². The Balaban J connectivity index is 1.52. The fraction of sp³-hybridized carbons (Fsp3) is 0.188. The third kappa shape index (κ3) is 6.77. The number of halogens is 1. The van der Waals surface area contributed by atoms with E-state index >= 15 is 0 Å². The number of amides is 1. The highest BCUT2D eigenvalue weighted by Crippen LogP contribution is 2.45. The number of anilines is 1. The summed E-state index contributed by atoms with van der Waals surface area (Å²) in [6.45, 7) is 4.54. The van der Waals surface area contributed by atoms with Crippen molar-refractivity contribution in [3.05, 3.63) is 112 Å². The molecule has 3 aromatic carbocycles. The number of hydrogen-bond acceptors (Lipinski definition) is 9. The number of ether oxygens (including phenoxy) is 2. The molecule has 0 saturated carbocycles. The molecule has 1 aliphatic rings. The maximum absolute atomic E-state index is 13.6. The minimum Gasteiger partial charge on any atom is -0.503 e. The van der Waals surface area contributed by atoms with Crippen molar-refractivity contribution in [2.24, 2.45) is 0 Å². The minimum atomic E-state index is -0.982. The second kappa shape index (κ2) is 13.9. The first kappa shape index (κ1) is 30.3. The number of thioether (sulfide) groups is 1. The van der Waals surface area contributed by atoms with Crippen LogP contribution in [0.4, 0.5) is 5.13 Å². The molecule has 1 amide bonds. The number of carbonyl (C=O) groups excluding carboxylic acids is 2. The van der Waals surface area contributed by atoms with Gasteiger partial charge in [-0.15, -0.1) is 10.2 Å². The Kier molecular flexibility index (Phi) is 9.81. The van der Waals surface area contributed by atoms with Crippen LogP contribution in [0.1, 0.15) is 36.6 Å². The van der Waals surface area contributed by atoms with Crippen LogP contribution >= 0.6 is 34.7 Å². The van der Waals surface area contributed by atoms with E-state index in [0.717, 1.165) is 11.1 Å². The summed E-state index contributed by atoms with van der Waals surface area (Å²) in [6, 6.07) is 21.0. The molecular weight excluding hydrogens is 606 g/mol. The summed E-state index contributed by atoms with van der Waals surface area (Å²) >= 11 is 8.93. The molecule has 1 aromatic heterocycles. The van der Waals surface area contributed by atoms with Gasteiger partial charge in [-0.3, -0.25) is 14.5 Å². The van der Waals surface area contributed by atoms with Crippen LogP contribution in [-0.2, 0) is 15.3 Å². The van der Waals surface area contributed by atoms with E-state index in [2.05, 4.69) is 10.2 Å². The van der Waals surface area contributed by atoms with Gasteiger partial charge in [0.05, 0.1) is 24.8 Å². The van der Waals surface area contributed by atoms with Crippen LogP contribution in [0, 0.1) is 0 Å². The number of aliphatic hydroxyl groups is 1. The summed E-state index contributed by atoms with van der Waals surface area (Å²) in [4.78, 5) is 28.5. The van der Waals surface area contributed by atoms with Crippen molar-refractivity contribution in [2.75, 3.05) is 18.1 Å². The fourth-order valence-corrected chi connectivity index (χ4v) is 6.70. The molecule has 0 radical (unpaired) electrons. The molecule has 0 bridgehead atoms. The number of carbonyl (C=O) groups is 2. The van der Waals surface area contributed by atoms with E-state index in [0.29, 0.717) is 45.4 Å². The highest BCUT2D eigenvalue weighted by molar-refractivity contribution is 8.00. The number of benzene rings is 3. The maximum Gasteiger partial charge on any atom is 0.296 e. The molecule has 5 rings (SSSR count). The van der Waals surface area contributed by atoms with Crippen LogP contribution in [0.2, 0.25) is 5.02 Å². The highest BCUT2D eigenvalue weighted by atomic mass is 35.5. The predicted molar refractivity (Wildman–Crippen MR) is 170 cm³/mol. The Bertz CT molecular complexity index is 1690. The summed E-state index contributed by atoms with van der Waals surface area (Å²) in [6.07, 6.45) is 3.00. The van der Waals surface area contributed by atoms with Gasteiger partial charge in [-0.1, -0.05) is 95.4 Å². The number of aromatic nitrogens is 2. The van der Waals surface area contributed by atoms with Gasteiger partial charge in [-0.2, -0.15) is 0 Å². The van der Waals surface area contributed by atoms with Crippen molar-refractivity contribution in [1.29, 1.82) is 0 Å².